The smallest absolute Gasteiger partial charge is 0.387 e. The predicted molar refractivity (Wildman–Crippen MR) is 92.2 cm³/mol. The maximum Gasteiger partial charge on any atom is 0.387 e. The van der Waals surface area contributed by atoms with Crippen LogP contribution in [0.1, 0.15) is 18.9 Å². The third kappa shape index (κ3) is 3.52. The molecule has 1 fully saturated rings. The molecular formula is C18H18F2N4O2. The molecule has 1 aromatic heterocycles. The number of amides is 1. The van der Waals surface area contributed by atoms with E-state index in [2.05, 4.69) is 15.8 Å². The molecule has 6 nitrogen and oxygen atoms in total. The molecule has 0 spiro atoms. The molecule has 1 aliphatic rings. The van der Waals surface area contributed by atoms with Gasteiger partial charge in [-0.15, -0.1) is 0 Å². The van der Waals surface area contributed by atoms with Crippen LogP contribution in [0.25, 0.3) is 10.9 Å². The SMILES string of the molecule is CCC(=O)N1CCN(c2c(C#N)cnc3ccc(OC(F)F)cc23)CC1. The largest absolute Gasteiger partial charge is 0.435 e. The molecular weight excluding hydrogens is 342 g/mol. The number of carbonyl (C=O) groups excluding carboxylic acids is 1. The Balaban J connectivity index is 1.98. The lowest BCUT2D eigenvalue weighted by Gasteiger charge is -2.36. The van der Waals surface area contributed by atoms with Gasteiger partial charge in [-0.1, -0.05) is 6.92 Å². The maximum atomic E-state index is 12.5. The Bertz CT molecular complexity index is 858. The topological polar surface area (TPSA) is 69.5 Å². The molecule has 0 N–H and O–H groups in total. The highest BCUT2D eigenvalue weighted by molar-refractivity contribution is 5.95. The van der Waals surface area contributed by atoms with Crippen molar-refractivity contribution in [3.63, 3.8) is 0 Å². The highest BCUT2D eigenvalue weighted by Gasteiger charge is 2.24. The normalized spacial score (nSPS) is 14.6. The predicted octanol–water partition coefficient (Wildman–Crippen LogP) is 2.77. The molecule has 0 unspecified atom stereocenters. The average molecular weight is 360 g/mol. The highest BCUT2D eigenvalue weighted by Crippen LogP contribution is 2.33. The Morgan fingerprint density at radius 1 is 1.35 bits per heavy atom. The Morgan fingerprint density at radius 3 is 2.69 bits per heavy atom. The fraction of sp³-hybridized carbons (Fsp3) is 0.389. The summed E-state index contributed by atoms with van der Waals surface area (Å²) in [4.78, 5) is 19.9. The lowest BCUT2D eigenvalue weighted by Crippen LogP contribution is -2.48. The van der Waals surface area contributed by atoms with E-state index in [-0.39, 0.29) is 11.7 Å². The number of ether oxygens (including phenoxy) is 1. The van der Waals surface area contributed by atoms with E-state index >= 15 is 0 Å². The lowest BCUT2D eigenvalue weighted by molar-refractivity contribution is -0.131. The van der Waals surface area contributed by atoms with Crippen molar-refractivity contribution in [3.05, 3.63) is 30.0 Å². The summed E-state index contributed by atoms with van der Waals surface area (Å²) in [5.74, 6) is 0.114. The monoisotopic (exact) mass is 360 g/mol. The third-order valence-corrected chi connectivity index (χ3v) is 4.41. The Hall–Kier alpha value is -2.95. The van der Waals surface area contributed by atoms with Crippen molar-refractivity contribution in [2.75, 3.05) is 31.1 Å². The first-order chi connectivity index (χ1) is 12.5. The third-order valence-electron chi connectivity index (χ3n) is 4.41. The van der Waals surface area contributed by atoms with Gasteiger partial charge in [-0.25, -0.2) is 0 Å². The number of anilines is 1. The van der Waals surface area contributed by atoms with Gasteiger partial charge < -0.3 is 14.5 Å². The van der Waals surface area contributed by atoms with Gasteiger partial charge in [0.15, 0.2) is 0 Å². The molecule has 1 amide bonds. The first-order valence-corrected chi connectivity index (χ1v) is 8.34. The van der Waals surface area contributed by atoms with E-state index in [1.807, 2.05) is 11.8 Å². The number of pyridine rings is 1. The second-order valence-corrected chi connectivity index (χ2v) is 5.91. The van der Waals surface area contributed by atoms with Gasteiger partial charge >= 0.3 is 6.61 Å². The summed E-state index contributed by atoms with van der Waals surface area (Å²) in [5.41, 5.74) is 1.59. The molecule has 26 heavy (non-hydrogen) atoms. The summed E-state index contributed by atoms with van der Waals surface area (Å²) in [6.07, 6.45) is 1.94. The molecule has 0 atom stereocenters. The van der Waals surface area contributed by atoms with Gasteiger partial charge in [0.2, 0.25) is 5.91 Å². The fourth-order valence-corrected chi connectivity index (χ4v) is 3.16. The summed E-state index contributed by atoms with van der Waals surface area (Å²) < 4.78 is 29.6. The van der Waals surface area contributed by atoms with Gasteiger partial charge in [0, 0.05) is 44.2 Å². The molecule has 2 heterocycles. The molecule has 0 saturated carbocycles. The number of benzene rings is 1. The first kappa shape index (κ1) is 17.9. The van der Waals surface area contributed by atoms with Crippen LogP contribution in [0.3, 0.4) is 0 Å². The van der Waals surface area contributed by atoms with E-state index in [1.54, 1.807) is 11.0 Å². The van der Waals surface area contributed by atoms with Crippen LogP contribution in [0.15, 0.2) is 24.4 Å². The summed E-state index contributed by atoms with van der Waals surface area (Å²) >= 11 is 0. The number of hydrogen-bond acceptors (Lipinski definition) is 5. The average Bonchev–Trinajstić information content (AvgIpc) is 2.66. The second-order valence-electron chi connectivity index (χ2n) is 5.91. The molecule has 0 bridgehead atoms. The van der Waals surface area contributed by atoms with Crippen molar-refractivity contribution in [3.8, 4) is 11.8 Å². The van der Waals surface area contributed by atoms with Crippen molar-refractivity contribution in [1.29, 1.82) is 5.26 Å². The zero-order valence-electron chi connectivity index (χ0n) is 14.3. The number of carbonyl (C=O) groups is 1. The molecule has 8 heteroatoms. The number of rotatable bonds is 4. The molecule has 0 aliphatic carbocycles. The second kappa shape index (κ2) is 7.52. The van der Waals surface area contributed by atoms with Crippen molar-refractivity contribution >= 4 is 22.5 Å². The van der Waals surface area contributed by atoms with Crippen LogP contribution in [0, 0.1) is 11.3 Å². The zero-order valence-corrected chi connectivity index (χ0v) is 14.3. The van der Waals surface area contributed by atoms with E-state index in [0.717, 1.165) is 0 Å². The lowest BCUT2D eigenvalue weighted by atomic mass is 10.1. The van der Waals surface area contributed by atoms with E-state index < -0.39 is 6.61 Å². The quantitative estimate of drug-likeness (QED) is 0.839. The molecule has 1 saturated heterocycles. The first-order valence-electron chi connectivity index (χ1n) is 8.34. The Morgan fingerprint density at radius 2 is 2.08 bits per heavy atom. The van der Waals surface area contributed by atoms with Crippen LogP contribution in [-0.2, 0) is 4.79 Å². The van der Waals surface area contributed by atoms with Gasteiger partial charge in [0.25, 0.3) is 0 Å². The Kier molecular flexibility index (Phi) is 5.16. The number of aromatic nitrogens is 1. The summed E-state index contributed by atoms with van der Waals surface area (Å²) in [7, 11) is 0. The number of alkyl halides is 2. The van der Waals surface area contributed by atoms with Gasteiger partial charge in [0.1, 0.15) is 11.8 Å². The van der Waals surface area contributed by atoms with Gasteiger partial charge in [-0.3, -0.25) is 9.78 Å². The molecule has 2 aromatic rings. The van der Waals surface area contributed by atoms with Gasteiger partial charge in [-0.05, 0) is 18.2 Å². The number of nitrogens with zero attached hydrogens (tertiary/aromatic N) is 4. The van der Waals surface area contributed by atoms with Crippen LogP contribution in [0.2, 0.25) is 0 Å². The Labute approximate surface area is 149 Å². The van der Waals surface area contributed by atoms with Crippen molar-refractivity contribution < 1.29 is 18.3 Å². The van der Waals surface area contributed by atoms with Crippen LogP contribution in [0.5, 0.6) is 5.75 Å². The summed E-state index contributed by atoms with van der Waals surface area (Å²) in [6, 6.07) is 6.61. The van der Waals surface area contributed by atoms with Crippen molar-refractivity contribution in [1.82, 2.24) is 9.88 Å². The van der Waals surface area contributed by atoms with Gasteiger partial charge in [0.05, 0.1) is 16.8 Å². The minimum absolute atomic E-state index is 0.0189. The number of fused-ring (bicyclic) bond motifs is 1. The summed E-state index contributed by atoms with van der Waals surface area (Å²) in [5, 5.41) is 10.1. The zero-order chi connectivity index (χ0) is 18.7. The van der Waals surface area contributed by atoms with E-state index in [4.69, 9.17) is 0 Å². The fourth-order valence-electron chi connectivity index (χ4n) is 3.16. The van der Waals surface area contributed by atoms with E-state index in [0.29, 0.717) is 54.8 Å². The molecule has 1 aliphatic heterocycles. The molecule has 1 aromatic carbocycles. The molecule has 136 valence electrons. The van der Waals surface area contributed by atoms with Crippen LogP contribution >= 0.6 is 0 Å². The number of nitriles is 1. The maximum absolute atomic E-state index is 12.5. The molecule has 0 radical (unpaired) electrons. The van der Waals surface area contributed by atoms with Gasteiger partial charge in [-0.2, -0.15) is 14.0 Å². The number of piperazine rings is 1. The van der Waals surface area contributed by atoms with Crippen LogP contribution in [0.4, 0.5) is 14.5 Å². The number of hydrogen-bond donors (Lipinski definition) is 0. The van der Waals surface area contributed by atoms with E-state index in [9.17, 15) is 18.8 Å². The minimum atomic E-state index is -2.92. The van der Waals surface area contributed by atoms with Crippen LogP contribution < -0.4 is 9.64 Å². The summed E-state index contributed by atoms with van der Waals surface area (Å²) in [6.45, 7) is 1.11. The van der Waals surface area contributed by atoms with Crippen molar-refractivity contribution in [2.24, 2.45) is 0 Å². The molecule has 3 rings (SSSR count). The number of halogens is 2. The minimum Gasteiger partial charge on any atom is -0.435 e. The van der Waals surface area contributed by atoms with E-state index in [1.165, 1.54) is 18.3 Å². The standard InChI is InChI=1S/C18H18F2N4O2/c1-2-16(25)23-5-7-24(8-6-23)17-12(10-21)11-22-15-4-3-13(9-14(15)17)26-18(19)20/h3-4,9,11,18H,2,5-8H2,1H3. The van der Waals surface area contributed by atoms with Crippen molar-refractivity contribution in [2.45, 2.75) is 20.0 Å². The van der Waals surface area contributed by atoms with Crippen LogP contribution in [-0.4, -0.2) is 48.6 Å². The highest BCUT2D eigenvalue weighted by atomic mass is 19.3.